The van der Waals surface area contributed by atoms with Crippen LogP contribution in [0.2, 0.25) is 0 Å². The van der Waals surface area contributed by atoms with Crippen molar-refractivity contribution in [1.82, 2.24) is 10.3 Å². The van der Waals surface area contributed by atoms with Crippen LogP contribution in [0.1, 0.15) is 44.9 Å². The first-order valence-corrected chi connectivity index (χ1v) is 7.27. The van der Waals surface area contributed by atoms with E-state index in [1.165, 1.54) is 6.07 Å². The van der Waals surface area contributed by atoms with E-state index in [0.29, 0.717) is 17.4 Å². The molecule has 3 heteroatoms. The Kier molecular flexibility index (Phi) is 4.71. The van der Waals surface area contributed by atoms with Gasteiger partial charge in [-0.15, -0.1) is 0 Å². The highest BCUT2D eigenvalue weighted by atomic mass is 19.1. The molecule has 0 aliphatic heterocycles. The summed E-state index contributed by atoms with van der Waals surface area (Å²) in [6.45, 7) is 10.2. The van der Waals surface area contributed by atoms with Crippen LogP contribution in [0.4, 0.5) is 4.39 Å². The Morgan fingerprint density at radius 1 is 1.20 bits per heavy atom. The van der Waals surface area contributed by atoms with Gasteiger partial charge in [0.1, 0.15) is 11.3 Å². The lowest BCUT2D eigenvalue weighted by molar-refractivity contribution is 0.553. The molecule has 108 valence electrons. The molecule has 0 amide bonds. The van der Waals surface area contributed by atoms with E-state index in [1.54, 1.807) is 6.07 Å². The molecule has 2 aromatic rings. The minimum absolute atomic E-state index is 0.241. The van der Waals surface area contributed by atoms with Gasteiger partial charge in [-0.3, -0.25) is 0 Å². The van der Waals surface area contributed by atoms with Gasteiger partial charge in [-0.2, -0.15) is 0 Å². The van der Waals surface area contributed by atoms with Gasteiger partial charge in [-0.05, 0) is 36.1 Å². The van der Waals surface area contributed by atoms with E-state index in [0.717, 1.165) is 29.7 Å². The van der Waals surface area contributed by atoms with Crippen LogP contribution in [-0.2, 0) is 6.54 Å². The van der Waals surface area contributed by atoms with E-state index >= 15 is 0 Å². The van der Waals surface area contributed by atoms with Crippen molar-refractivity contribution in [3.8, 4) is 0 Å². The van der Waals surface area contributed by atoms with Crippen molar-refractivity contribution in [2.45, 2.75) is 40.2 Å². The third-order valence-electron chi connectivity index (χ3n) is 3.36. The lowest BCUT2D eigenvalue weighted by atomic mass is 10.0. The van der Waals surface area contributed by atoms with Crippen LogP contribution in [-0.4, -0.2) is 11.5 Å². The summed E-state index contributed by atoms with van der Waals surface area (Å²) in [6, 6.07) is 7.27. The first-order chi connectivity index (χ1) is 9.49. The van der Waals surface area contributed by atoms with Crippen LogP contribution >= 0.6 is 0 Å². The smallest absolute Gasteiger partial charge is 0.149 e. The van der Waals surface area contributed by atoms with E-state index in [9.17, 15) is 4.39 Å². The Bertz CT molecular complexity index is 591. The molecule has 20 heavy (non-hydrogen) atoms. The number of hydrogen-bond donors (Lipinski definition) is 1. The normalized spacial score (nSPS) is 11.8. The summed E-state index contributed by atoms with van der Waals surface area (Å²) in [5.41, 5.74) is 2.56. The topological polar surface area (TPSA) is 24.9 Å². The number of nitrogens with zero attached hydrogens (tertiary/aromatic N) is 1. The van der Waals surface area contributed by atoms with Crippen LogP contribution in [0, 0.1) is 11.7 Å². The first-order valence-electron chi connectivity index (χ1n) is 7.27. The number of fused-ring (bicyclic) bond motifs is 1. The zero-order valence-electron chi connectivity index (χ0n) is 12.7. The van der Waals surface area contributed by atoms with Crippen molar-refractivity contribution in [1.29, 1.82) is 0 Å². The highest BCUT2D eigenvalue weighted by molar-refractivity contribution is 5.83. The maximum atomic E-state index is 14.0. The minimum Gasteiger partial charge on any atom is -0.312 e. The molecule has 0 saturated heterocycles. The highest BCUT2D eigenvalue weighted by Crippen LogP contribution is 2.24. The van der Waals surface area contributed by atoms with Gasteiger partial charge in [0.15, 0.2) is 0 Å². The van der Waals surface area contributed by atoms with Gasteiger partial charge < -0.3 is 5.32 Å². The third kappa shape index (κ3) is 3.34. The second kappa shape index (κ2) is 6.31. The van der Waals surface area contributed by atoms with Gasteiger partial charge in [0.25, 0.3) is 0 Å². The molecule has 2 nitrogen and oxygen atoms in total. The average Bonchev–Trinajstić information content (AvgIpc) is 2.38. The number of nitrogens with one attached hydrogen (secondary N) is 1. The van der Waals surface area contributed by atoms with Crippen molar-refractivity contribution in [2.75, 3.05) is 6.54 Å². The minimum atomic E-state index is -0.241. The number of pyridine rings is 1. The standard InChI is InChI=1S/C17H23FN2/c1-11(2)9-19-10-13-8-16(12(3)4)20-17-14(13)6-5-7-15(17)18/h5-8,11-12,19H,9-10H2,1-4H3. The summed E-state index contributed by atoms with van der Waals surface area (Å²) in [5, 5.41) is 4.34. The SMILES string of the molecule is CC(C)CNCc1cc(C(C)C)nc2c(F)cccc12. The second-order valence-electron chi connectivity index (χ2n) is 6.02. The fraction of sp³-hybridized carbons (Fsp3) is 0.471. The summed E-state index contributed by atoms with van der Waals surface area (Å²) in [7, 11) is 0. The maximum Gasteiger partial charge on any atom is 0.149 e. The largest absolute Gasteiger partial charge is 0.312 e. The molecule has 1 aromatic heterocycles. The molecular formula is C17H23FN2. The van der Waals surface area contributed by atoms with E-state index in [1.807, 2.05) is 6.07 Å². The molecule has 2 rings (SSSR count). The molecule has 0 aliphatic rings. The van der Waals surface area contributed by atoms with E-state index < -0.39 is 0 Å². The lowest BCUT2D eigenvalue weighted by Gasteiger charge is -2.13. The molecule has 0 aliphatic carbocycles. The fourth-order valence-corrected chi connectivity index (χ4v) is 2.24. The number of halogens is 1. The third-order valence-corrected chi connectivity index (χ3v) is 3.36. The molecule has 1 aromatic carbocycles. The number of benzene rings is 1. The van der Waals surface area contributed by atoms with Crippen LogP contribution in [0.25, 0.3) is 10.9 Å². The maximum absolute atomic E-state index is 14.0. The van der Waals surface area contributed by atoms with Crippen LogP contribution in [0.15, 0.2) is 24.3 Å². The molecule has 0 unspecified atom stereocenters. The molecule has 0 fully saturated rings. The quantitative estimate of drug-likeness (QED) is 0.882. The van der Waals surface area contributed by atoms with Crippen molar-refractivity contribution in [3.05, 3.63) is 41.3 Å². The summed E-state index contributed by atoms with van der Waals surface area (Å²) in [5.74, 6) is 0.655. The highest BCUT2D eigenvalue weighted by Gasteiger charge is 2.11. The predicted molar refractivity (Wildman–Crippen MR) is 82.3 cm³/mol. The fourth-order valence-electron chi connectivity index (χ4n) is 2.24. The second-order valence-corrected chi connectivity index (χ2v) is 6.02. The van der Waals surface area contributed by atoms with Gasteiger partial charge >= 0.3 is 0 Å². The number of aromatic nitrogens is 1. The molecule has 1 N–H and O–H groups in total. The first kappa shape index (κ1) is 14.9. The predicted octanol–water partition coefficient (Wildman–Crippen LogP) is 4.24. The van der Waals surface area contributed by atoms with E-state index in [-0.39, 0.29) is 5.82 Å². The Morgan fingerprint density at radius 2 is 1.95 bits per heavy atom. The van der Waals surface area contributed by atoms with Crippen LogP contribution in [0.3, 0.4) is 0 Å². The van der Waals surface area contributed by atoms with Gasteiger partial charge in [0.05, 0.1) is 0 Å². The Balaban J connectivity index is 2.42. The van der Waals surface area contributed by atoms with Crippen molar-refractivity contribution < 1.29 is 4.39 Å². The van der Waals surface area contributed by atoms with Gasteiger partial charge in [-0.1, -0.05) is 39.8 Å². The van der Waals surface area contributed by atoms with Gasteiger partial charge in [0, 0.05) is 17.6 Å². The molecule has 0 saturated carbocycles. The zero-order valence-corrected chi connectivity index (χ0v) is 12.7. The lowest BCUT2D eigenvalue weighted by Crippen LogP contribution is -2.19. The van der Waals surface area contributed by atoms with Gasteiger partial charge in [-0.25, -0.2) is 9.37 Å². The van der Waals surface area contributed by atoms with E-state index in [4.69, 9.17) is 0 Å². The van der Waals surface area contributed by atoms with Crippen LogP contribution in [0.5, 0.6) is 0 Å². The number of hydrogen-bond acceptors (Lipinski definition) is 2. The average molecular weight is 274 g/mol. The molecule has 0 atom stereocenters. The zero-order chi connectivity index (χ0) is 14.7. The molecular weight excluding hydrogens is 251 g/mol. The Labute approximate surface area is 120 Å². The Morgan fingerprint density at radius 3 is 2.60 bits per heavy atom. The van der Waals surface area contributed by atoms with Gasteiger partial charge in [0.2, 0.25) is 0 Å². The monoisotopic (exact) mass is 274 g/mol. The van der Waals surface area contributed by atoms with Crippen molar-refractivity contribution >= 4 is 10.9 Å². The van der Waals surface area contributed by atoms with E-state index in [2.05, 4.69) is 44.1 Å². The molecule has 1 heterocycles. The molecule has 0 bridgehead atoms. The van der Waals surface area contributed by atoms with Crippen LogP contribution < -0.4 is 5.32 Å². The van der Waals surface area contributed by atoms with Crippen molar-refractivity contribution in [2.24, 2.45) is 5.92 Å². The van der Waals surface area contributed by atoms with Crippen molar-refractivity contribution in [3.63, 3.8) is 0 Å². The summed E-state index contributed by atoms with van der Waals surface area (Å²) < 4.78 is 14.0. The number of rotatable bonds is 5. The summed E-state index contributed by atoms with van der Waals surface area (Å²) in [6.07, 6.45) is 0. The summed E-state index contributed by atoms with van der Waals surface area (Å²) in [4.78, 5) is 4.48. The Hall–Kier alpha value is -1.48. The molecule has 0 spiro atoms. The number of para-hydroxylation sites is 1. The molecule has 0 radical (unpaired) electrons. The summed E-state index contributed by atoms with van der Waals surface area (Å²) >= 11 is 0.